The number of hydrogen-bond donors (Lipinski definition) is 1. The lowest BCUT2D eigenvalue weighted by atomic mass is 10.2. The molecule has 0 saturated carbocycles. The molecule has 0 unspecified atom stereocenters. The summed E-state index contributed by atoms with van der Waals surface area (Å²) >= 11 is 0. The Labute approximate surface area is 88.1 Å². The van der Waals surface area contributed by atoms with E-state index in [4.69, 9.17) is 10.5 Å². The van der Waals surface area contributed by atoms with Crippen molar-refractivity contribution in [3.05, 3.63) is 24.3 Å². The van der Waals surface area contributed by atoms with Gasteiger partial charge in [-0.3, -0.25) is 0 Å². The van der Waals surface area contributed by atoms with Crippen LogP contribution < -0.4 is 10.5 Å². The molecule has 1 aromatic carbocycles. The highest BCUT2D eigenvalue weighted by Gasteiger charge is 2.05. The maximum atomic E-state index is 5.59. The summed E-state index contributed by atoms with van der Waals surface area (Å²) in [4.78, 5) is 8.21. The maximum absolute atomic E-state index is 5.59. The zero-order chi connectivity index (χ0) is 10.7. The molecule has 0 atom stereocenters. The van der Waals surface area contributed by atoms with Crippen molar-refractivity contribution >= 4 is 16.9 Å². The molecule has 0 bridgehead atoms. The van der Waals surface area contributed by atoms with Crippen molar-refractivity contribution in [2.45, 2.75) is 13.3 Å². The summed E-state index contributed by atoms with van der Waals surface area (Å²) in [5, 5.41) is 0.903. The van der Waals surface area contributed by atoms with Crippen LogP contribution in [0, 0.1) is 0 Å². The van der Waals surface area contributed by atoms with Gasteiger partial charge < -0.3 is 10.5 Å². The highest BCUT2D eigenvalue weighted by Crippen LogP contribution is 2.22. The number of ether oxygens (including phenoxy) is 1. The molecule has 0 spiro atoms. The topological polar surface area (TPSA) is 61.0 Å². The Hall–Kier alpha value is -1.84. The van der Waals surface area contributed by atoms with Crippen molar-refractivity contribution in [2.75, 3.05) is 12.3 Å². The number of benzene rings is 1. The van der Waals surface area contributed by atoms with Gasteiger partial charge in [0.15, 0.2) is 0 Å². The molecule has 1 aromatic heterocycles. The predicted octanol–water partition coefficient (Wildman–Crippen LogP) is 2.00. The fraction of sp³-hybridized carbons (Fsp3) is 0.273. The fourth-order valence-electron chi connectivity index (χ4n) is 1.37. The number of nitrogen functional groups attached to an aromatic ring is 1. The molecule has 0 aliphatic carbocycles. The van der Waals surface area contributed by atoms with Gasteiger partial charge in [0.2, 0.25) is 11.8 Å². The molecule has 2 rings (SSSR count). The van der Waals surface area contributed by atoms with Crippen molar-refractivity contribution in [1.82, 2.24) is 9.97 Å². The first-order valence-corrected chi connectivity index (χ1v) is 4.96. The largest absolute Gasteiger partial charge is 0.477 e. The molecule has 15 heavy (non-hydrogen) atoms. The molecule has 4 nitrogen and oxygen atoms in total. The monoisotopic (exact) mass is 203 g/mol. The van der Waals surface area contributed by atoms with Gasteiger partial charge in [0.25, 0.3) is 0 Å². The van der Waals surface area contributed by atoms with Gasteiger partial charge in [-0.2, -0.15) is 4.98 Å². The number of rotatable bonds is 3. The molecule has 1 heterocycles. The molecule has 4 heteroatoms. The molecule has 0 saturated heterocycles. The van der Waals surface area contributed by atoms with Gasteiger partial charge in [0.05, 0.1) is 17.5 Å². The van der Waals surface area contributed by atoms with Crippen LogP contribution in [0.3, 0.4) is 0 Å². The van der Waals surface area contributed by atoms with E-state index in [1.807, 2.05) is 31.2 Å². The van der Waals surface area contributed by atoms with E-state index in [-0.39, 0.29) is 5.95 Å². The van der Waals surface area contributed by atoms with Crippen molar-refractivity contribution in [3.63, 3.8) is 0 Å². The van der Waals surface area contributed by atoms with Crippen LogP contribution in [0.1, 0.15) is 13.3 Å². The average Bonchev–Trinajstić information content (AvgIpc) is 2.25. The van der Waals surface area contributed by atoms with E-state index in [2.05, 4.69) is 9.97 Å². The second-order valence-electron chi connectivity index (χ2n) is 3.25. The maximum Gasteiger partial charge on any atom is 0.226 e. The molecule has 0 aliphatic rings. The summed E-state index contributed by atoms with van der Waals surface area (Å²) in [5.41, 5.74) is 6.41. The van der Waals surface area contributed by atoms with Crippen LogP contribution in [0.5, 0.6) is 5.88 Å². The van der Waals surface area contributed by atoms with Crippen LogP contribution in [-0.4, -0.2) is 16.6 Å². The number of nitrogens with two attached hydrogens (primary N) is 1. The van der Waals surface area contributed by atoms with Crippen LogP contribution in [0.4, 0.5) is 5.95 Å². The van der Waals surface area contributed by atoms with Gasteiger partial charge in [0, 0.05) is 0 Å². The predicted molar refractivity (Wildman–Crippen MR) is 59.7 cm³/mol. The van der Waals surface area contributed by atoms with Gasteiger partial charge in [-0.15, -0.1) is 0 Å². The number of fused-ring (bicyclic) bond motifs is 1. The van der Waals surface area contributed by atoms with E-state index in [1.54, 1.807) is 0 Å². The fourth-order valence-corrected chi connectivity index (χ4v) is 1.37. The standard InChI is InChI=1S/C11H13N3O/c1-2-7-15-10-8-5-3-4-6-9(8)13-11(12)14-10/h3-6H,2,7H2,1H3,(H2,12,13,14). The van der Waals surface area contributed by atoms with Gasteiger partial charge >= 0.3 is 0 Å². The average molecular weight is 203 g/mol. The molecule has 2 N–H and O–H groups in total. The molecule has 0 aliphatic heterocycles. The first kappa shape index (κ1) is 9.71. The van der Waals surface area contributed by atoms with E-state index >= 15 is 0 Å². The highest BCUT2D eigenvalue weighted by atomic mass is 16.5. The lowest BCUT2D eigenvalue weighted by Gasteiger charge is -2.07. The van der Waals surface area contributed by atoms with E-state index < -0.39 is 0 Å². The Bertz CT molecular complexity index is 470. The zero-order valence-corrected chi connectivity index (χ0v) is 8.60. The summed E-state index contributed by atoms with van der Waals surface area (Å²) < 4.78 is 5.52. The van der Waals surface area contributed by atoms with Crippen molar-refractivity contribution < 1.29 is 4.74 Å². The molecule has 78 valence electrons. The summed E-state index contributed by atoms with van der Waals surface area (Å²) in [7, 11) is 0. The van der Waals surface area contributed by atoms with Crippen LogP contribution in [0.25, 0.3) is 10.9 Å². The van der Waals surface area contributed by atoms with Gasteiger partial charge in [-0.1, -0.05) is 19.1 Å². The number of para-hydroxylation sites is 1. The van der Waals surface area contributed by atoms with Gasteiger partial charge in [0.1, 0.15) is 0 Å². The second-order valence-corrected chi connectivity index (χ2v) is 3.25. The van der Waals surface area contributed by atoms with E-state index in [0.29, 0.717) is 12.5 Å². The number of nitrogens with zero attached hydrogens (tertiary/aromatic N) is 2. The SMILES string of the molecule is CCCOc1nc(N)nc2ccccc12. The molecule has 0 fully saturated rings. The minimum atomic E-state index is 0.250. The Morgan fingerprint density at radius 1 is 1.27 bits per heavy atom. The Morgan fingerprint density at radius 3 is 2.87 bits per heavy atom. The zero-order valence-electron chi connectivity index (χ0n) is 8.60. The Morgan fingerprint density at radius 2 is 2.07 bits per heavy atom. The van der Waals surface area contributed by atoms with E-state index in [9.17, 15) is 0 Å². The van der Waals surface area contributed by atoms with Crippen LogP contribution in [-0.2, 0) is 0 Å². The summed E-state index contributed by atoms with van der Waals surface area (Å²) in [6.45, 7) is 2.69. The van der Waals surface area contributed by atoms with Crippen LogP contribution in [0.15, 0.2) is 24.3 Å². The number of anilines is 1. The Balaban J connectivity index is 2.50. The Kier molecular flexibility index (Phi) is 2.67. The summed E-state index contributed by atoms with van der Waals surface area (Å²) in [6, 6.07) is 7.67. The van der Waals surface area contributed by atoms with Crippen molar-refractivity contribution in [3.8, 4) is 5.88 Å². The van der Waals surface area contributed by atoms with Crippen molar-refractivity contribution in [2.24, 2.45) is 0 Å². The molecular weight excluding hydrogens is 190 g/mol. The molecule has 2 aromatic rings. The normalized spacial score (nSPS) is 10.5. The van der Waals surface area contributed by atoms with E-state index in [0.717, 1.165) is 17.3 Å². The molecule has 0 radical (unpaired) electrons. The third kappa shape index (κ3) is 1.98. The first-order chi connectivity index (χ1) is 7.31. The van der Waals surface area contributed by atoms with Gasteiger partial charge in [-0.05, 0) is 18.6 Å². The smallest absolute Gasteiger partial charge is 0.226 e. The lowest BCUT2D eigenvalue weighted by molar-refractivity contribution is 0.309. The minimum absolute atomic E-state index is 0.250. The second kappa shape index (κ2) is 4.13. The third-order valence-electron chi connectivity index (χ3n) is 2.03. The number of hydrogen-bond acceptors (Lipinski definition) is 4. The van der Waals surface area contributed by atoms with Crippen molar-refractivity contribution in [1.29, 1.82) is 0 Å². The molecule has 0 amide bonds. The summed E-state index contributed by atoms with van der Waals surface area (Å²) in [5.74, 6) is 0.819. The van der Waals surface area contributed by atoms with Gasteiger partial charge in [-0.25, -0.2) is 4.98 Å². The summed E-state index contributed by atoms with van der Waals surface area (Å²) in [6.07, 6.45) is 0.943. The van der Waals surface area contributed by atoms with E-state index in [1.165, 1.54) is 0 Å². The first-order valence-electron chi connectivity index (χ1n) is 4.96. The number of aromatic nitrogens is 2. The van der Waals surface area contributed by atoms with Crippen LogP contribution >= 0.6 is 0 Å². The quantitative estimate of drug-likeness (QED) is 0.828. The highest BCUT2D eigenvalue weighted by molar-refractivity contribution is 5.84. The van der Waals surface area contributed by atoms with Crippen LogP contribution in [0.2, 0.25) is 0 Å². The minimum Gasteiger partial charge on any atom is -0.477 e. The molecular formula is C11H13N3O. The lowest BCUT2D eigenvalue weighted by Crippen LogP contribution is -2.02. The third-order valence-corrected chi connectivity index (χ3v) is 2.03.